The molecule has 2 heterocycles. The van der Waals surface area contributed by atoms with Crippen molar-refractivity contribution in [1.29, 1.82) is 0 Å². The first-order valence-corrected chi connectivity index (χ1v) is 9.00. The Morgan fingerprint density at radius 2 is 2.10 bits per heavy atom. The molecule has 6 heteroatoms. The average molecular weight is 309 g/mol. The molecular weight excluding hydrogens is 286 g/mol. The molecule has 0 saturated carbocycles. The highest BCUT2D eigenvalue weighted by atomic mass is 32.2. The van der Waals surface area contributed by atoms with Gasteiger partial charge in [-0.2, -0.15) is 4.31 Å². The third kappa shape index (κ3) is 2.67. The summed E-state index contributed by atoms with van der Waals surface area (Å²) in [7, 11) is -1.35. The molecule has 5 nitrogen and oxygen atoms in total. The molecule has 0 aromatic heterocycles. The van der Waals surface area contributed by atoms with Crippen LogP contribution in [0.25, 0.3) is 0 Å². The molecule has 2 aliphatic heterocycles. The van der Waals surface area contributed by atoms with Crippen LogP contribution in [-0.2, 0) is 16.4 Å². The van der Waals surface area contributed by atoms with E-state index in [9.17, 15) is 8.42 Å². The summed E-state index contributed by atoms with van der Waals surface area (Å²) in [6.45, 7) is 4.91. The molecule has 1 saturated heterocycles. The highest BCUT2D eigenvalue weighted by Crippen LogP contribution is 2.30. The van der Waals surface area contributed by atoms with Crippen LogP contribution < -0.4 is 5.32 Å². The Morgan fingerprint density at radius 1 is 1.29 bits per heavy atom. The Hall–Kier alpha value is -1.11. The summed E-state index contributed by atoms with van der Waals surface area (Å²) in [4.78, 5) is 2.69. The molecule has 116 valence electrons. The minimum Gasteiger partial charge on any atom is -0.385 e. The molecule has 0 amide bonds. The Morgan fingerprint density at radius 3 is 2.86 bits per heavy atom. The van der Waals surface area contributed by atoms with Crippen LogP contribution in [0.1, 0.15) is 18.9 Å². The highest BCUT2D eigenvalue weighted by Gasteiger charge is 2.33. The lowest BCUT2D eigenvalue weighted by Crippen LogP contribution is -2.52. The molecule has 0 spiro atoms. The van der Waals surface area contributed by atoms with E-state index in [1.54, 1.807) is 10.4 Å². The van der Waals surface area contributed by atoms with Crippen LogP contribution in [-0.4, -0.2) is 56.9 Å². The number of likely N-dealkylation sites (N-methyl/N-ethyl adjacent to an activating group) is 1. The molecule has 21 heavy (non-hydrogen) atoms. The van der Waals surface area contributed by atoms with Gasteiger partial charge >= 0.3 is 0 Å². The van der Waals surface area contributed by atoms with E-state index < -0.39 is 10.0 Å². The van der Waals surface area contributed by atoms with E-state index in [2.05, 4.69) is 17.1 Å². The molecule has 0 radical (unpaired) electrons. The van der Waals surface area contributed by atoms with Crippen molar-refractivity contribution in [3.8, 4) is 0 Å². The fraction of sp³-hybridized carbons (Fsp3) is 0.600. The monoisotopic (exact) mass is 309 g/mol. The second-order valence-electron chi connectivity index (χ2n) is 6.01. The minimum absolute atomic E-state index is 0.256. The van der Waals surface area contributed by atoms with Gasteiger partial charge in [0.25, 0.3) is 0 Å². The number of anilines is 1. The molecule has 1 fully saturated rings. The summed E-state index contributed by atoms with van der Waals surface area (Å²) in [6.07, 6.45) is 1.82. The normalized spacial score (nSPS) is 24.4. The third-order valence-electron chi connectivity index (χ3n) is 4.59. The van der Waals surface area contributed by atoms with Crippen LogP contribution in [0.5, 0.6) is 0 Å². The van der Waals surface area contributed by atoms with E-state index in [0.717, 1.165) is 37.2 Å². The number of nitrogens with one attached hydrogen (secondary N) is 1. The van der Waals surface area contributed by atoms with Crippen molar-refractivity contribution in [2.24, 2.45) is 0 Å². The fourth-order valence-corrected chi connectivity index (χ4v) is 4.88. The number of sulfonamides is 1. The highest BCUT2D eigenvalue weighted by molar-refractivity contribution is 7.89. The Bertz CT molecular complexity index is 630. The van der Waals surface area contributed by atoms with Crippen LogP contribution in [0.15, 0.2) is 23.1 Å². The quantitative estimate of drug-likeness (QED) is 0.896. The van der Waals surface area contributed by atoms with Crippen LogP contribution >= 0.6 is 0 Å². The van der Waals surface area contributed by atoms with E-state index in [-0.39, 0.29) is 6.04 Å². The lowest BCUT2D eigenvalue weighted by atomic mass is 10.0. The van der Waals surface area contributed by atoms with E-state index in [4.69, 9.17) is 0 Å². The SMILES string of the molecule is CC1CN(S(=O)(=O)c2cccc3c2CCCN3)CCN1C. The lowest BCUT2D eigenvalue weighted by molar-refractivity contribution is 0.159. The summed E-state index contributed by atoms with van der Waals surface area (Å²) < 4.78 is 27.6. The van der Waals surface area contributed by atoms with E-state index in [0.29, 0.717) is 18.0 Å². The van der Waals surface area contributed by atoms with Crippen LogP contribution in [0, 0.1) is 0 Å². The zero-order valence-corrected chi connectivity index (χ0v) is 13.5. The Balaban J connectivity index is 1.96. The van der Waals surface area contributed by atoms with E-state index >= 15 is 0 Å². The molecule has 1 atom stereocenters. The van der Waals surface area contributed by atoms with Crippen molar-refractivity contribution >= 4 is 15.7 Å². The number of benzene rings is 1. The minimum atomic E-state index is -3.39. The maximum Gasteiger partial charge on any atom is 0.243 e. The van der Waals surface area contributed by atoms with Crippen LogP contribution in [0.2, 0.25) is 0 Å². The van der Waals surface area contributed by atoms with Gasteiger partial charge in [-0.25, -0.2) is 8.42 Å². The molecule has 1 aromatic carbocycles. The van der Waals surface area contributed by atoms with Crippen molar-refractivity contribution in [1.82, 2.24) is 9.21 Å². The predicted octanol–water partition coefficient (Wildman–Crippen LogP) is 1.37. The summed E-state index contributed by atoms with van der Waals surface area (Å²) in [5.41, 5.74) is 1.93. The Kier molecular flexibility index (Phi) is 3.94. The van der Waals surface area contributed by atoms with Crippen LogP contribution in [0.4, 0.5) is 5.69 Å². The number of fused-ring (bicyclic) bond motifs is 1. The van der Waals surface area contributed by atoms with Crippen molar-refractivity contribution in [3.63, 3.8) is 0 Å². The first-order valence-electron chi connectivity index (χ1n) is 7.56. The fourth-order valence-electron chi connectivity index (χ4n) is 3.09. The smallest absolute Gasteiger partial charge is 0.243 e. The maximum atomic E-state index is 13.0. The van der Waals surface area contributed by atoms with Crippen molar-refractivity contribution in [3.05, 3.63) is 23.8 Å². The lowest BCUT2D eigenvalue weighted by Gasteiger charge is -2.37. The standard InChI is InChI=1S/C15H23N3O2S/c1-12-11-18(10-9-17(12)2)21(19,20)15-7-3-6-14-13(15)5-4-8-16-14/h3,6-7,12,16H,4-5,8-11H2,1-2H3. The molecule has 0 aliphatic carbocycles. The molecular formula is C15H23N3O2S. The molecule has 0 bridgehead atoms. The van der Waals surface area contributed by atoms with Crippen molar-refractivity contribution in [2.75, 3.05) is 38.5 Å². The molecule has 3 rings (SSSR count). The maximum absolute atomic E-state index is 13.0. The van der Waals surface area contributed by atoms with Gasteiger partial charge in [-0.1, -0.05) is 6.07 Å². The molecule has 2 aliphatic rings. The van der Waals surface area contributed by atoms with Crippen LogP contribution in [0.3, 0.4) is 0 Å². The molecule has 1 aromatic rings. The van der Waals surface area contributed by atoms with E-state index in [1.165, 1.54) is 0 Å². The van der Waals surface area contributed by atoms with Gasteiger partial charge in [0.1, 0.15) is 0 Å². The average Bonchev–Trinajstić information content (AvgIpc) is 2.49. The van der Waals surface area contributed by atoms with Gasteiger partial charge in [0.2, 0.25) is 10.0 Å². The molecule has 1 unspecified atom stereocenters. The van der Waals surface area contributed by atoms with Gasteiger partial charge in [-0.05, 0) is 44.5 Å². The van der Waals surface area contributed by atoms with Gasteiger partial charge in [-0.3, -0.25) is 0 Å². The second-order valence-corrected chi connectivity index (χ2v) is 7.91. The third-order valence-corrected chi connectivity index (χ3v) is 6.54. The first-order chi connectivity index (χ1) is 10.00. The van der Waals surface area contributed by atoms with Gasteiger partial charge in [-0.15, -0.1) is 0 Å². The molecule has 1 N–H and O–H groups in total. The van der Waals surface area contributed by atoms with Crippen molar-refractivity contribution in [2.45, 2.75) is 30.7 Å². The number of nitrogens with zero attached hydrogens (tertiary/aromatic N) is 2. The van der Waals surface area contributed by atoms with Crippen molar-refractivity contribution < 1.29 is 8.42 Å². The zero-order valence-electron chi connectivity index (χ0n) is 12.7. The number of rotatable bonds is 2. The van der Waals surface area contributed by atoms with Gasteiger partial charge in [0, 0.05) is 37.9 Å². The summed E-state index contributed by atoms with van der Waals surface area (Å²) in [6, 6.07) is 5.82. The second kappa shape index (κ2) is 5.59. The largest absolute Gasteiger partial charge is 0.385 e. The van der Waals surface area contributed by atoms with Gasteiger partial charge in [0.05, 0.1) is 4.90 Å². The zero-order chi connectivity index (χ0) is 15.0. The number of piperazine rings is 1. The first kappa shape index (κ1) is 14.8. The van der Waals surface area contributed by atoms with E-state index in [1.807, 2.05) is 19.2 Å². The topological polar surface area (TPSA) is 52.7 Å². The summed E-state index contributed by atoms with van der Waals surface area (Å²) in [5, 5.41) is 3.30. The Labute approximate surface area is 127 Å². The number of hydrogen-bond acceptors (Lipinski definition) is 4. The summed E-state index contributed by atoms with van der Waals surface area (Å²) in [5.74, 6) is 0. The number of hydrogen-bond donors (Lipinski definition) is 1. The summed E-state index contributed by atoms with van der Waals surface area (Å²) >= 11 is 0. The van der Waals surface area contributed by atoms with Gasteiger partial charge < -0.3 is 10.2 Å². The van der Waals surface area contributed by atoms with Gasteiger partial charge in [0.15, 0.2) is 0 Å². The predicted molar refractivity (Wildman–Crippen MR) is 84.1 cm³/mol.